The van der Waals surface area contributed by atoms with Crippen molar-refractivity contribution in [1.29, 1.82) is 0 Å². The Bertz CT molecular complexity index is 671. The van der Waals surface area contributed by atoms with Crippen molar-refractivity contribution in [3.63, 3.8) is 0 Å². The van der Waals surface area contributed by atoms with Gasteiger partial charge in [-0.2, -0.15) is 4.98 Å². The summed E-state index contributed by atoms with van der Waals surface area (Å²) in [6.07, 6.45) is 1.47. The smallest absolute Gasteiger partial charge is 0.230 e. The summed E-state index contributed by atoms with van der Waals surface area (Å²) < 4.78 is 0. The van der Waals surface area contributed by atoms with Gasteiger partial charge in [0.15, 0.2) is 0 Å². The molecular weight excluding hydrogens is 276 g/mol. The minimum absolute atomic E-state index is 0.272. The first-order chi connectivity index (χ1) is 10.5. The number of benzene rings is 1. The SMILES string of the molecule is Cc1ccc(N2CCN(c3ncnc(N)n3)C(C)C2)cc1C. The van der Waals surface area contributed by atoms with E-state index in [1.165, 1.54) is 23.1 Å². The summed E-state index contributed by atoms with van der Waals surface area (Å²) in [5.74, 6) is 0.938. The molecule has 6 heteroatoms. The van der Waals surface area contributed by atoms with Crippen LogP contribution >= 0.6 is 0 Å². The number of hydrogen-bond acceptors (Lipinski definition) is 6. The Kier molecular flexibility index (Phi) is 3.83. The van der Waals surface area contributed by atoms with E-state index in [4.69, 9.17) is 5.73 Å². The molecule has 3 rings (SSSR count). The normalized spacial score (nSPS) is 18.6. The molecule has 116 valence electrons. The summed E-state index contributed by atoms with van der Waals surface area (Å²) in [5, 5.41) is 0. The predicted molar refractivity (Wildman–Crippen MR) is 89.2 cm³/mol. The molecular formula is C16H22N6. The minimum atomic E-state index is 0.272. The van der Waals surface area contributed by atoms with Crippen LogP contribution in [0.2, 0.25) is 0 Å². The molecule has 1 unspecified atom stereocenters. The number of nitrogens with two attached hydrogens (primary N) is 1. The van der Waals surface area contributed by atoms with Gasteiger partial charge < -0.3 is 15.5 Å². The van der Waals surface area contributed by atoms with E-state index in [-0.39, 0.29) is 5.95 Å². The van der Waals surface area contributed by atoms with E-state index < -0.39 is 0 Å². The Morgan fingerprint density at radius 1 is 1.14 bits per heavy atom. The maximum atomic E-state index is 5.66. The lowest BCUT2D eigenvalue weighted by molar-refractivity contribution is 0.540. The van der Waals surface area contributed by atoms with Crippen molar-refractivity contribution < 1.29 is 0 Å². The lowest BCUT2D eigenvalue weighted by atomic mass is 10.1. The first-order valence-electron chi connectivity index (χ1n) is 7.58. The van der Waals surface area contributed by atoms with Crippen LogP contribution in [-0.2, 0) is 0 Å². The maximum absolute atomic E-state index is 5.66. The number of rotatable bonds is 2. The van der Waals surface area contributed by atoms with Gasteiger partial charge in [-0.25, -0.2) is 9.97 Å². The largest absolute Gasteiger partial charge is 0.368 e. The first kappa shape index (κ1) is 14.6. The monoisotopic (exact) mass is 298 g/mol. The fourth-order valence-corrected chi connectivity index (χ4v) is 2.85. The summed E-state index contributed by atoms with van der Waals surface area (Å²) >= 11 is 0. The van der Waals surface area contributed by atoms with Crippen molar-refractivity contribution in [1.82, 2.24) is 15.0 Å². The van der Waals surface area contributed by atoms with Crippen molar-refractivity contribution in [2.75, 3.05) is 35.2 Å². The van der Waals surface area contributed by atoms with Crippen LogP contribution in [0, 0.1) is 13.8 Å². The Hall–Kier alpha value is -2.37. The average Bonchev–Trinajstić information content (AvgIpc) is 2.50. The van der Waals surface area contributed by atoms with Crippen LogP contribution in [0.3, 0.4) is 0 Å². The van der Waals surface area contributed by atoms with Crippen LogP contribution in [0.5, 0.6) is 0 Å². The molecule has 0 bridgehead atoms. The van der Waals surface area contributed by atoms with Gasteiger partial charge in [0.2, 0.25) is 11.9 Å². The van der Waals surface area contributed by atoms with Gasteiger partial charge in [0.1, 0.15) is 6.33 Å². The summed E-state index contributed by atoms with van der Waals surface area (Å²) in [6.45, 7) is 9.24. The maximum Gasteiger partial charge on any atom is 0.230 e. The van der Waals surface area contributed by atoms with Crippen molar-refractivity contribution >= 4 is 17.6 Å². The van der Waals surface area contributed by atoms with Gasteiger partial charge in [-0.1, -0.05) is 6.07 Å². The van der Waals surface area contributed by atoms with E-state index in [0.717, 1.165) is 19.6 Å². The van der Waals surface area contributed by atoms with Gasteiger partial charge >= 0.3 is 0 Å². The lowest BCUT2D eigenvalue weighted by Crippen LogP contribution is -2.52. The molecule has 2 aromatic rings. The fourth-order valence-electron chi connectivity index (χ4n) is 2.85. The molecule has 22 heavy (non-hydrogen) atoms. The molecule has 0 amide bonds. The highest BCUT2D eigenvalue weighted by atomic mass is 15.4. The second-order valence-electron chi connectivity index (χ2n) is 5.90. The van der Waals surface area contributed by atoms with Gasteiger partial charge in [-0.3, -0.25) is 0 Å². The Morgan fingerprint density at radius 2 is 1.95 bits per heavy atom. The number of nitrogens with zero attached hydrogens (tertiary/aromatic N) is 5. The highest BCUT2D eigenvalue weighted by Crippen LogP contribution is 2.23. The zero-order valence-corrected chi connectivity index (χ0v) is 13.3. The second-order valence-corrected chi connectivity index (χ2v) is 5.90. The van der Waals surface area contributed by atoms with Gasteiger partial charge in [0, 0.05) is 31.4 Å². The summed E-state index contributed by atoms with van der Waals surface area (Å²) in [7, 11) is 0. The predicted octanol–water partition coefficient (Wildman–Crippen LogP) is 1.79. The number of aromatic nitrogens is 3. The highest BCUT2D eigenvalue weighted by molar-refractivity contribution is 5.52. The van der Waals surface area contributed by atoms with Crippen LogP contribution in [0.15, 0.2) is 24.5 Å². The third kappa shape index (κ3) is 2.81. The van der Waals surface area contributed by atoms with Crippen LogP contribution < -0.4 is 15.5 Å². The van der Waals surface area contributed by atoms with Crippen molar-refractivity contribution in [2.24, 2.45) is 0 Å². The van der Waals surface area contributed by atoms with Gasteiger partial charge in [0.25, 0.3) is 0 Å². The molecule has 1 aliphatic heterocycles. The summed E-state index contributed by atoms with van der Waals surface area (Å²) in [4.78, 5) is 16.9. The molecule has 2 N–H and O–H groups in total. The lowest BCUT2D eigenvalue weighted by Gasteiger charge is -2.41. The standard InChI is InChI=1S/C16H22N6/c1-11-4-5-14(8-12(11)2)21-6-7-22(13(3)9-21)16-19-10-18-15(17)20-16/h4-5,8,10,13H,6-7,9H2,1-3H3,(H2,17,18,19,20). The number of nitrogen functional groups attached to an aromatic ring is 1. The Morgan fingerprint density at radius 3 is 2.64 bits per heavy atom. The molecule has 0 spiro atoms. The number of hydrogen-bond donors (Lipinski definition) is 1. The second kappa shape index (κ2) is 5.79. The van der Waals surface area contributed by atoms with Crippen molar-refractivity contribution in [3.05, 3.63) is 35.7 Å². The molecule has 6 nitrogen and oxygen atoms in total. The van der Waals surface area contributed by atoms with Crippen LogP contribution in [0.1, 0.15) is 18.1 Å². The number of aryl methyl sites for hydroxylation is 2. The Balaban J connectivity index is 1.75. The van der Waals surface area contributed by atoms with Crippen molar-refractivity contribution in [2.45, 2.75) is 26.8 Å². The van der Waals surface area contributed by atoms with E-state index in [2.05, 4.69) is 63.7 Å². The molecule has 1 aliphatic rings. The fraction of sp³-hybridized carbons (Fsp3) is 0.438. The molecule has 0 saturated carbocycles. The summed E-state index contributed by atoms with van der Waals surface area (Å²) in [6, 6.07) is 6.97. The van der Waals surface area contributed by atoms with E-state index in [9.17, 15) is 0 Å². The molecule has 1 aromatic heterocycles. The van der Waals surface area contributed by atoms with Crippen LogP contribution in [0.25, 0.3) is 0 Å². The third-order valence-electron chi connectivity index (χ3n) is 4.32. The van der Waals surface area contributed by atoms with E-state index in [1.807, 2.05) is 0 Å². The zero-order chi connectivity index (χ0) is 15.7. The van der Waals surface area contributed by atoms with Crippen LogP contribution in [-0.4, -0.2) is 40.6 Å². The molecule has 1 aromatic carbocycles. The van der Waals surface area contributed by atoms with E-state index in [0.29, 0.717) is 12.0 Å². The quantitative estimate of drug-likeness (QED) is 0.911. The molecule has 1 saturated heterocycles. The average molecular weight is 298 g/mol. The molecule has 2 heterocycles. The number of anilines is 3. The molecule has 0 aliphatic carbocycles. The van der Waals surface area contributed by atoms with E-state index in [1.54, 1.807) is 0 Å². The zero-order valence-electron chi connectivity index (χ0n) is 13.3. The number of piperazine rings is 1. The first-order valence-corrected chi connectivity index (χ1v) is 7.58. The Labute approximate surface area is 131 Å². The molecule has 0 radical (unpaired) electrons. The van der Waals surface area contributed by atoms with Crippen LogP contribution in [0.4, 0.5) is 17.6 Å². The van der Waals surface area contributed by atoms with Crippen molar-refractivity contribution in [3.8, 4) is 0 Å². The van der Waals surface area contributed by atoms with E-state index >= 15 is 0 Å². The van der Waals surface area contributed by atoms with Gasteiger partial charge in [0.05, 0.1) is 0 Å². The van der Waals surface area contributed by atoms with Gasteiger partial charge in [-0.05, 0) is 44.0 Å². The minimum Gasteiger partial charge on any atom is -0.368 e. The topological polar surface area (TPSA) is 71.2 Å². The molecule has 1 atom stereocenters. The summed E-state index contributed by atoms with van der Waals surface area (Å²) in [5.41, 5.74) is 9.60. The third-order valence-corrected chi connectivity index (χ3v) is 4.32. The molecule has 1 fully saturated rings. The van der Waals surface area contributed by atoms with Gasteiger partial charge in [-0.15, -0.1) is 0 Å². The highest BCUT2D eigenvalue weighted by Gasteiger charge is 2.26.